The predicted octanol–water partition coefficient (Wildman–Crippen LogP) is 7.11. The van der Waals surface area contributed by atoms with Gasteiger partial charge in [0.1, 0.15) is 22.7 Å². The van der Waals surface area contributed by atoms with Gasteiger partial charge < -0.3 is 18.3 Å². The average molecular weight is 515 g/mol. The van der Waals surface area contributed by atoms with Crippen LogP contribution >= 0.6 is 11.6 Å². The van der Waals surface area contributed by atoms with Crippen LogP contribution in [0, 0.1) is 0 Å². The number of carbonyl (C=O) groups is 1. The number of esters is 1. The van der Waals surface area contributed by atoms with Crippen molar-refractivity contribution < 1.29 is 36.3 Å². The van der Waals surface area contributed by atoms with E-state index in [2.05, 4.69) is 0 Å². The van der Waals surface area contributed by atoms with E-state index in [0.717, 1.165) is 6.07 Å². The highest BCUT2D eigenvalue weighted by molar-refractivity contribution is 6.31. The van der Waals surface area contributed by atoms with Crippen LogP contribution in [0.3, 0.4) is 0 Å². The van der Waals surface area contributed by atoms with E-state index in [4.69, 9.17) is 29.9 Å². The lowest BCUT2D eigenvalue weighted by Gasteiger charge is -2.13. The molecule has 0 bridgehead atoms. The molecule has 0 spiro atoms. The highest BCUT2D eigenvalue weighted by atomic mass is 35.5. The molecule has 2 aromatic heterocycles. The molecule has 0 amide bonds. The summed E-state index contributed by atoms with van der Waals surface area (Å²) in [6.07, 6.45) is -4.97. The fraction of sp³-hybridized carbons (Fsp3) is 0.0769. The predicted molar refractivity (Wildman–Crippen MR) is 126 cm³/mol. The molecule has 0 unspecified atom stereocenters. The average Bonchev–Trinajstić information content (AvgIpc) is 3.27. The van der Waals surface area contributed by atoms with Gasteiger partial charge in [0, 0.05) is 16.5 Å². The van der Waals surface area contributed by atoms with Crippen LogP contribution in [0.4, 0.5) is 13.2 Å². The second-order valence-corrected chi connectivity index (χ2v) is 8.14. The van der Waals surface area contributed by atoms with Gasteiger partial charge in [-0.3, -0.25) is 4.79 Å². The Labute approximate surface area is 205 Å². The van der Waals surface area contributed by atoms with E-state index in [1.807, 2.05) is 0 Å². The Morgan fingerprint density at radius 3 is 2.31 bits per heavy atom. The van der Waals surface area contributed by atoms with Crippen LogP contribution in [-0.2, 0) is 6.18 Å². The molecule has 0 aliphatic heterocycles. The second-order valence-electron chi connectivity index (χ2n) is 7.70. The van der Waals surface area contributed by atoms with Crippen LogP contribution in [0.1, 0.15) is 16.3 Å². The largest absolute Gasteiger partial charge is 0.497 e. The molecular weight excluding hydrogens is 501 g/mol. The van der Waals surface area contributed by atoms with Crippen molar-refractivity contribution in [3.05, 3.63) is 93.5 Å². The van der Waals surface area contributed by atoms with Gasteiger partial charge in [0.25, 0.3) is 0 Å². The molecule has 0 aliphatic carbocycles. The first-order valence-electron chi connectivity index (χ1n) is 10.4. The number of benzene rings is 3. The first kappa shape index (κ1) is 23.5. The first-order chi connectivity index (χ1) is 17.1. The Morgan fingerprint density at radius 2 is 1.61 bits per heavy atom. The summed E-state index contributed by atoms with van der Waals surface area (Å²) in [5.74, 6) is -2.23. The maximum absolute atomic E-state index is 13.9. The van der Waals surface area contributed by atoms with E-state index in [1.165, 1.54) is 49.6 Å². The summed E-state index contributed by atoms with van der Waals surface area (Å²) >= 11 is 5.93. The normalized spacial score (nSPS) is 11.7. The van der Waals surface area contributed by atoms with Crippen molar-refractivity contribution in [2.75, 3.05) is 7.11 Å². The van der Waals surface area contributed by atoms with E-state index in [0.29, 0.717) is 21.7 Å². The minimum Gasteiger partial charge on any atom is -0.497 e. The van der Waals surface area contributed by atoms with Crippen molar-refractivity contribution in [2.24, 2.45) is 0 Å². The van der Waals surface area contributed by atoms with Crippen LogP contribution in [0.5, 0.6) is 11.5 Å². The molecule has 5 rings (SSSR count). The van der Waals surface area contributed by atoms with E-state index >= 15 is 0 Å². The lowest BCUT2D eigenvalue weighted by atomic mass is 10.0. The zero-order chi connectivity index (χ0) is 25.6. The number of rotatable bonds is 4. The minimum atomic E-state index is -4.97. The Balaban J connectivity index is 1.55. The van der Waals surface area contributed by atoms with Gasteiger partial charge in [-0.25, -0.2) is 4.79 Å². The summed E-state index contributed by atoms with van der Waals surface area (Å²) in [5.41, 5.74) is -1.51. The quantitative estimate of drug-likeness (QED) is 0.188. The molecule has 0 atom stereocenters. The molecule has 3 aromatic carbocycles. The number of carbonyl (C=O) groups excluding carboxylic acids is 1. The molecule has 0 N–H and O–H groups in total. The molecule has 0 aliphatic rings. The van der Waals surface area contributed by atoms with Gasteiger partial charge in [-0.2, -0.15) is 13.2 Å². The fourth-order valence-corrected chi connectivity index (χ4v) is 3.91. The van der Waals surface area contributed by atoms with Crippen molar-refractivity contribution in [1.29, 1.82) is 0 Å². The number of hydrogen-bond donors (Lipinski definition) is 0. The Bertz CT molecular complexity index is 1680. The molecule has 0 saturated carbocycles. The number of ether oxygens (including phenoxy) is 2. The van der Waals surface area contributed by atoms with Gasteiger partial charge in [-0.05, 0) is 54.1 Å². The number of methoxy groups -OCH3 is 1. The van der Waals surface area contributed by atoms with Gasteiger partial charge >= 0.3 is 12.1 Å². The molecule has 2 heterocycles. The number of hydrogen-bond acceptors (Lipinski definition) is 6. The van der Waals surface area contributed by atoms with Crippen LogP contribution < -0.4 is 14.9 Å². The SMILES string of the molecule is COc1ccc(-c2c(C(F)(F)F)oc3cc(OC(=O)c4cc5cc(Cl)ccc5o4)ccc3c2=O)cc1. The van der Waals surface area contributed by atoms with Crippen molar-refractivity contribution in [1.82, 2.24) is 0 Å². The molecule has 10 heteroatoms. The molecule has 5 aromatic rings. The minimum absolute atomic E-state index is 0.0132. The number of alkyl halides is 3. The highest BCUT2D eigenvalue weighted by Crippen LogP contribution is 2.38. The Hall–Kier alpha value is -4.24. The molecule has 0 saturated heterocycles. The van der Waals surface area contributed by atoms with Crippen LogP contribution in [0.2, 0.25) is 5.02 Å². The third kappa shape index (κ3) is 4.29. The molecular formula is C26H14ClF3O6. The number of halogens is 4. The zero-order valence-corrected chi connectivity index (χ0v) is 19.1. The summed E-state index contributed by atoms with van der Waals surface area (Å²) in [6.45, 7) is 0. The maximum atomic E-state index is 13.9. The summed E-state index contributed by atoms with van der Waals surface area (Å²) in [6, 6.07) is 15.3. The molecule has 182 valence electrons. The zero-order valence-electron chi connectivity index (χ0n) is 18.3. The summed E-state index contributed by atoms with van der Waals surface area (Å²) in [5, 5.41) is 0.897. The lowest BCUT2D eigenvalue weighted by molar-refractivity contribution is -0.152. The van der Waals surface area contributed by atoms with Gasteiger partial charge in [0.05, 0.1) is 18.1 Å². The van der Waals surface area contributed by atoms with Crippen LogP contribution in [-0.4, -0.2) is 13.1 Å². The van der Waals surface area contributed by atoms with Crippen molar-refractivity contribution >= 4 is 39.5 Å². The Kier molecular flexibility index (Phi) is 5.72. The van der Waals surface area contributed by atoms with Gasteiger partial charge in [-0.15, -0.1) is 0 Å². The molecule has 36 heavy (non-hydrogen) atoms. The molecule has 0 fully saturated rings. The fourth-order valence-electron chi connectivity index (χ4n) is 3.73. The molecule has 6 nitrogen and oxygen atoms in total. The van der Waals surface area contributed by atoms with Gasteiger partial charge in [0.2, 0.25) is 16.9 Å². The third-order valence-corrected chi connectivity index (χ3v) is 5.63. The maximum Gasteiger partial charge on any atom is 0.450 e. The highest BCUT2D eigenvalue weighted by Gasteiger charge is 2.39. The van der Waals surface area contributed by atoms with Crippen LogP contribution in [0.15, 0.2) is 80.4 Å². The van der Waals surface area contributed by atoms with E-state index in [9.17, 15) is 22.8 Å². The molecule has 0 radical (unpaired) electrons. The number of furan rings is 1. The van der Waals surface area contributed by atoms with E-state index in [-0.39, 0.29) is 22.5 Å². The lowest BCUT2D eigenvalue weighted by Crippen LogP contribution is -2.16. The second kappa shape index (κ2) is 8.76. The smallest absolute Gasteiger partial charge is 0.450 e. The van der Waals surface area contributed by atoms with Gasteiger partial charge in [-0.1, -0.05) is 23.7 Å². The van der Waals surface area contributed by atoms with Crippen molar-refractivity contribution in [3.63, 3.8) is 0 Å². The van der Waals surface area contributed by atoms with Crippen LogP contribution in [0.25, 0.3) is 33.1 Å². The van der Waals surface area contributed by atoms with E-state index < -0.39 is 34.5 Å². The summed E-state index contributed by atoms with van der Waals surface area (Å²) in [7, 11) is 1.41. The monoisotopic (exact) mass is 514 g/mol. The van der Waals surface area contributed by atoms with Crippen molar-refractivity contribution in [2.45, 2.75) is 6.18 Å². The van der Waals surface area contributed by atoms with Crippen molar-refractivity contribution in [3.8, 4) is 22.6 Å². The number of fused-ring (bicyclic) bond motifs is 2. The third-order valence-electron chi connectivity index (χ3n) is 5.39. The summed E-state index contributed by atoms with van der Waals surface area (Å²) < 4.78 is 62.5. The van der Waals surface area contributed by atoms with Gasteiger partial charge in [0.15, 0.2) is 0 Å². The van der Waals surface area contributed by atoms with E-state index in [1.54, 1.807) is 18.2 Å². The Morgan fingerprint density at radius 1 is 0.889 bits per heavy atom. The first-order valence-corrected chi connectivity index (χ1v) is 10.8. The summed E-state index contributed by atoms with van der Waals surface area (Å²) in [4.78, 5) is 25.7. The standard InChI is InChI=1S/C26H14ClF3O6/c1-33-16-5-2-13(3-6-16)22-23(31)18-8-7-17(12-20(18)36-24(22)26(28,29)30)34-25(32)21-11-14-10-15(27)4-9-19(14)35-21/h2-12H,1H3. The topological polar surface area (TPSA) is 78.9 Å².